The van der Waals surface area contributed by atoms with E-state index in [1.54, 1.807) is 12.1 Å². The lowest BCUT2D eigenvalue weighted by Gasteiger charge is -2.33. The standard InChI is InChI=1S/C30H36N4O7S/c1-22(2)19-31-30(36)27(17-23-11-7-5-8-12-23)32(20-24-13-9-6-10-14-24)29(35)21-33(42(4,39)40)26-18-25(34(37)38)15-16-28(26)41-3/h5-16,18,22,27H,17,19-21H2,1-4H3,(H,31,36)/t27-/m1/s1. The Morgan fingerprint density at radius 1 is 0.976 bits per heavy atom. The zero-order chi connectivity index (χ0) is 30.9. The van der Waals surface area contributed by atoms with E-state index in [0.717, 1.165) is 27.8 Å². The third kappa shape index (κ3) is 8.77. The van der Waals surface area contributed by atoms with Gasteiger partial charge in [-0.25, -0.2) is 8.42 Å². The van der Waals surface area contributed by atoms with Crippen LogP contribution in [-0.2, 0) is 32.6 Å². The van der Waals surface area contributed by atoms with Crippen LogP contribution in [0.25, 0.3) is 0 Å². The van der Waals surface area contributed by atoms with E-state index in [0.29, 0.717) is 6.54 Å². The minimum absolute atomic E-state index is 0.0238. The van der Waals surface area contributed by atoms with Crippen LogP contribution < -0.4 is 14.4 Å². The molecule has 0 fully saturated rings. The molecule has 0 radical (unpaired) electrons. The van der Waals surface area contributed by atoms with E-state index in [-0.39, 0.29) is 41.9 Å². The Morgan fingerprint density at radius 2 is 1.57 bits per heavy atom. The minimum atomic E-state index is -4.14. The van der Waals surface area contributed by atoms with E-state index in [2.05, 4.69) is 5.32 Å². The number of nitrogens with one attached hydrogen (secondary N) is 1. The van der Waals surface area contributed by atoms with Crippen LogP contribution in [0.1, 0.15) is 25.0 Å². The summed E-state index contributed by atoms with van der Waals surface area (Å²) in [6.07, 6.45) is 1.08. The van der Waals surface area contributed by atoms with Crippen molar-refractivity contribution in [3.05, 3.63) is 100 Å². The van der Waals surface area contributed by atoms with Gasteiger partial charge in [-0.3, -0.25) is 24.0 Å². The summed E-state index contributed by atoms with van der Waals surface area (Å²) in [7, 11) is -2.84. The van der Waals surface area contributed by atoms with Crippen molar-refractivity contribution in [1.82, 2.24) is 10.2 Å². The summed E-state index contributed by atoms with van der Waals surface area (Å²) in [5.74, 6) is -0.857. The van der Waals surface area contributed by atoms with Crippen molar-refractivity contribution < 1.29 is 27.7 Å². The molecular formula is C30H36N4O7S. The number of ether oxygens (including phenoxy) is 1. The molecule has 0 aromatic heterocycles. The summed E-state index contributed by atoms with van der Waals surface area (Å²) < 4.78 is 32.1. The Morgan fingerprint density at radius 3 is 2.10 bits per heavy atom. The Bertz CT molecular complexity index is 1480. The van der Waals surface area contributed by atoms with Crippen LogP contribution in [0.3, 0.4) is 0 Å². The highest BCUT2D eigenvalue weighted by Gasteiger charge is 2.34. The smallest absolute Gasteiger partial charge is 0.271 e. The van der Waals surface area contributed by atoms with E-state index >= 15 is 0 Å². The number of hydrogen-bond donors (Lipinski definition) is 1. The third-order valence-corrected chi connectivity index (χ3v) is 7.60. The number of non-ortho nitro benzene ring substituents is 1. The Labute approximate surface area is 246 Å². The zero-order valence-corrected chi connectivity index (χ0v) is 24.9. The van der Waals surface area contributed by atoms with Gasteiger partial charge in [0.15, 0.2) is 0 Å². The number of methoxy groups -OCH3 is 1. The number of nitro benzene ring substituents is 1. The lowest BCUT2D eigenvalue weighted by Crippen LogP contribution is -2.53. The van der Waals surface area contributed by atoms with Gasteiger partial charge in [-0.15, -0.1) is 0 Å². The topological polar surface area (TPSA) is 139 Å². The van der Waals surface area contributed by atoms with Crippen LogP contribution in [0.4, 0.5) is 11.4 Å². The van der Waals surface area contributed by atoms with Crippen molar-refractivity contribution in [2.45, 2.75) is 32.9 Å². The van der Waals surface area contributed by atoms with Gasteiger partial charge in [0, 0.05) is 31.6 Å². The molecule has 0 bridgehead atoms. The molecule has 1 atom stereocenters. The molecule has 12 heteroatoms. The molecule has 1 N–H and O–H groups in total. The Hall–Kier alpha value is -4.45. The van der Waals surface area contributed by atoms with Crippen LogP contribution in [0.5, 0.6) is 5.75 Å². The molecule has 42 heavy (non-hydrogen) atoms. The number of nitro groups is 1. The lowest BCUT2D eigenvalue weighted by atomic mass is 10.0. The normalized spacial score (nSPS) is 11.9. The van der Waals surface area contributed by atoms with E-state index in [1.807, 2.05) is 62.4 Å². The van der Waals surface area contributed by atoms with Crippen LogP contribution in [-0.4, -0.2) is 62.6 Å². The summed E-state index contributed by atoms with van der Waals surface area (Å²) >= 11 is 0. The van der Waals surface area contributed by atoms with E-state index in [1.165, 1.54) is 24.1 Å². The van der Waals surface area contributed by atoms with E-state index < -0.39 is 33.4 Å². The molecule has 0 spiro atoms. The van der Waals surface area contributed by atoms with Gasteiger partial charge in [0.2, 0.25) is 21.8 Å². The maximum atomic E-state index is 14.1. The molecule has 0 aliphatic rings. The Kier molecular flexibility index (Phi) is 11.0. The minimum Gasteiger partial charge on any atom is -0.495 e. The molecule has 0 aliphatic carbocycles. The van der Waals surface area contributed by atoms with Crippen molar-refractivity contribution in [3.8, 4) is 5.75 Å². The predicted octanol–water partition coefficient (Wildman–Crippen LogP) is 3.78. The number of sulfonamides is 1. The lowest BCUT2D eigenvalue weighted by molar-refractivity contribution is -0.384. The first-order valence-electron chi connectivity index (χ1n) is 13.4. The van der Waals surface area contributed by atoms with E-state index in [9.17, 15) is 28.1 Å². The van der Waals surface area contributed by atoms with Gasteiger partial charge >= 0.3 is 0 Å². The van der Waals surface area contributed by atoms with Gasteiger partial charge in [0.1, 0.15) is 24.0 Å². The highest BCUT2D eigenvalue weighted by Crippen LogP contribution is 2.34. The number of nitrogens with zero attached hydrogens (tertiary/aromatic N) is 3. The highest BCUT2D eigenvalue weighted by molar-refractivity contribution is 7.92. The monoisotopic (exact) mass is 596 g/mol. The summed E-state index contributed by atoms with van der Waals surface area (Å²) in [5, 5.41) is 14.4. The van der Waals surface area contributed by atoms with Gasteiger partial charge in [-0.2, -0.15) is 0 Å². The number of anilines is 1. The molecule has 0 aliphatic heterocycles. The molecule has 2 amide bonds. The summed E-state index contributed by atoms with van der Waals surface area (Å²) in [6, 6.07) is 20.8. The van der Waals surface area contributed by atoms with Gasteiger partial charge in [0.25, 0.3) is 5.69 Å². The van der Waals surface area contributed by atoms with Crippen LogP contribution in [0.2, 0.25) is 0 Å². The second kappa shape index (κ2) is 14.4. The van der Waals surface area contributed by atoms with Gasteiger partial charge in [0.05, 0.1) is 18.3 Å². The maximum Gasteiger partial charge on any atom is 0.271 e. The van der Waals surface area contributed by atoms with Crippen molar-refractivity contribution in [3.63, 3.8) is 0 Å². The van der Waals surface area contributed by atoms with Gasteiger partial charge in [-0.05, 0) is 23.1 Å². The first kappa shape index (κ1) is 32.1. The van der Waals surface area contributed by atoms with Crippen LogP contribution >= 0.6 is 0 Å². The molecule has 0 unspecified atom stereocenters. The van der Waals surface area contributed by atoms with Gasteiger partial charge < -0.3 is 15.0 Å². The second-order valence-corrected chi connectivity index (χ2v) is 12.1. The first-order chi connectivity index (χ1) is 19.9. The molecule has 3 rings (SSSR count). The molecule has 0 saturated carbocycles. The predicted molar refractivity (Wildman–Crippen MR) is 161 cm³/mol. The number of benzene rings is 3. The molecule has 11 nitrogen and oxygen atoms in total. The average Bonchev–Trinajstić information content (AvgIpc) is 2.96. The van der Waals surface area contributed by atoms with Crippen molar-refractivity contribution in [2.24, 2.45) is 5.92 Å². The molecule has 0 saturated heterocycles. The average molecular weight is 597 g/mol. The molecule has 224 valence electrons. The van der Waals surface area contributed by atoms with Crippen molar-refractivity contribution in [2.75, 3.05) is 30.8 Å². The molecule has 3 aromatic rings. The van der Waals surface area contributed by atoms with E-state index in [4.69, 9.17) is 4.74 Å². The molecular weight excluding hydrogens is 560 g/mol. The summed E-state index contributed by atoms with van der Waals surface area (Å²) in [5.41, 5.74) is 1.02. The maximum absolute atomic E-state index is 14.1. The number of carbonyl (C=O) groups excluding carboxylic acids is 2. The zero-order valence-electron chi connectivity index (χ0n) is 24.1. The fourth-order valence-electron chi connectivity index (χ4n) is 4.34. The quantitative estimate of drug-likeness (QED) is 0.221. The molecule has 3 aromatic carbocycles. The number of amides is 2. The van der Waals surface area contributed by atoms with Crippen LogP contribution in [0, 0.1) is 16.0 Å². The van der Waals surface area contributed by atoms with Crippen molar-refractivity contribution in [1.29, 1.82) is 0 Å². The highest BCUT2D eigenvalue weighted by atomic mass is 32.2. The van der Waals surface area contributed by atoms with Crippen molar-refractivity contribution >= 4 is 33.2 Å². The van der Waals surface area contributed by atoms with Gasteiger partial charge in [-0.1, -0.05) is 74.5 Å². The fraction of sp³-hybridized carbons (Fsp3) is 0.333. The largest absolute Gasteiger partial charge is 0.495 e. The summed E-state index contributed by atoms with van der Waals surface area (Å²) in [4.78, 5) is 39.9. The summed E-state index contributed by atoms with van der Waals surface area (Å²) in [6.45, 7) is 3.60. The van der Waals surface area contributed by atoms with Crippen LogP contribution in [0.15, 0.2) is 78.9 Å². The Balaban J connectivity index is 2.10. The fourth-order valence-corrected chi connectivity index (χ4v) is 5.18. The number of rotatable bonds is 14. The number of hydrogen-bond acceptors (Lipinski definition) is 7. The third-order valence-electron chi connectivity index (χ3n) is 6.47. The molecule has 0 heterocycles. The number of carbonyl (C=O) groups is 2. The first-order valence-corrected chi connectivity index (χ1v) is 15.2. The second-order valence-electron chi connectivity index (χ2n) is 10.2. The SMILES string of the molecule is COc1ccc([N+](=O)[O-])cc1N(CC(=O)N(Cc1ccccc1)[C@H](Cc1ccccc1)C(=O)NCC(C)C)S(C)(=O)=O.